The minimum Gasteiger partial charge on any atom is -0.423 e. The molecule has 2 amide bonds. The van der Waals surface area contributed by atoms with Crippen LogP contribution < -0.4 is 4.74 Å². The van der Waals surface area contributed by atoms with E-state index in [1.165, 1.54) is 4.90 Å². The topological polar surface area (TPSA) is 63.7 Å². The highest BCUT2D eigenvalue weighted by molar-refractivity contribution is 9.10. The number of hydrogen-bond donors (Lipinski definition) is 0. The maximum absolute atomic E-state index is 12.7. The maximum atomic E-state index is 12.7. The van der Waals surface area contributed by atoms with E-state index in [0.29, 0.717) is 16.2 Å². The minimum atomic E-state index is -0.465. The number of amides is 2. The predicted octanol–water partition coefficient (Wildman–Crippen LogP) is 6.67. The summed E-state index contributed by atoms with van der Waals surface area (Å²) in [7, 11) is 0. The number of nitrogens with zero attached hydrogens (tertiary/aromatic N) is 1. The highest BCUT2D eigenvalue weighted by atomic mass is 79.9. The summed E-state index contributed by atoms with van der Waals surface area (Å²) < 4.78 is 7.11. The minimum absolute atomic E-state index is 0.222. The molecule has 160 valence electrons. The summed E-state index contributed by atoms with van der Waals surface area (Å²) in [6.45, 7) is 0.222. The zero-order valence-electron chi connectivity index (χ0n) is 16.5. The molecular weight excluding hydrogens is 558 g/mol. The summed E-state index contributed by atoms with van der Waals surface area (Å²) in [4.78, 5) is 38.9. The molecule has 4 rings (SSSR count). The summed E-state index contributed by atoms with van der Waals surface area (Å²) in [5.41, 5.74) is 2.03. The molecule has 0 spiro atoms. The number of carbonyl (C=O) groups is 3. The van der Waals surface area contributed by atoms with Crippen LogP contribution in [0.25, 0.3) is 6.08 Å². The average Bonchev–Trinajstić information content (AvgIpc) is 3.04. The molecule has 0 saturated carbocycles. The molecule has 0 radical (unpaired) electrons. The van der Waals surface area contributed by atoms with Gasteiger partial charge in [0, 0.05) is 8.95 Å². The maximum Gasteiger partial charge on any atom is 0.343 e. The molecule has 1 heterocycles. The normalized spacial score (nSPS) is 14.8. The van der Waals surface area contributed by atoms with Crippen molar-refractivity contribution in [3.63, 3.8) is 0 Å². The summed E-state index contributed by atoms with van der Waals surface area (Å²) in [5, 5.41) is -0.302. The molecule has 1 fully saturated rings. The van der Waals surface area contributed by atoms with Crippen LogP contribution in [-0.2, 0) is 11.3 Å². The first-order valence-electron chi connectivity index (χ1n) is 9.47. The molecular formula is C24H15Br2NO4S. The molecule has 0 bridgehead atoms. The van der Waals surface area contributed by atoms with Gasteiger partial charge in [-0.25, -0.2) is 4.79 Å². The Morgan fingerprint density at radius 2 is 1.66 bits per heavy atom. The third-order valence-electron chi connectivity index (χ3n) is 4.58. The molecule has 0 unspecified atom stereocenters. The Balaban J connectivity index is 1.43. The van der Waals surface area contributed by atoms with Gasteiger partial charge in [0.1, 0.15) is 5.75 Å². The molecule has 3 aromatic carbocycles. The zero-order valence-corrected chi connectivity index (χ0v) is 20.4. The van der Waals surface area contributed by atoms with Crippen LogP contribution in [0.1, 0.15) is 21.5 Å². The van der Waals surface area contributed by atoms with Gasteiger partial charge in [0.15, 0.2) is 0 Å². The van der Waals surface area contributed by atoms with Gasteiger partial charge in [0.2, 0.25) is 0 Å². The molecule has 8 heteroatoms. The van der Waals surface area contributed by atoms with Crippen LogP contribution in [0.4, 0.5) is 4.79 Å². The van der Waals surface area contributed by atoms with E-state index in [2.05, 4.69) is 31.9 Å². The molecule has 1 aliphatic heterocycles. The fraction of sp³-hybridized carbons (Fsp3) is 0.0417. The first-order chi connectivity index (χ1) is 15.4. The molecule has 1 saturated heterocycles. The number of ether oxygens (including phenoxy) is 1. The van der Waals surface area contributed by atoms with Crippen LogP contribution in [-0.4, -0.2) is 22.0 Å². The lowest BCUT2D eigenvalue weighted by molar-refractivity contribution is -0.123. The number of carbonyl (C=O) groups excluding carboxylic acids is 3. The summed E-state index contributed by atoms with van der Waals surface area (Å²) in [6.07, 6.45) is 1.66. The van der Waals surface area contributed by atoms with Gasteiger partial charge in [-0.2, -0.15) is 0 Å². The van der Waals surface area contributed by atoms with Crippen molar-refractivity contribution < 1.29 is 19.1 Å². The van der Waals surface area contributed by atoms with Gasteiger partial charge in [-0.05, 0) is 71.4 Å². The number of halogens is 2. The third kappa shape index (κ3) is 5.38. The lowest BCUT2D eigenvalue weighted by Gasteiger charge is -2.12. The number of rotatable bonds is 5. The van der Waals surface area contributed by atoms with E-state index in [1.54, 1.807) is 48.5 Å². The van der Waals surface area contributed by atoms with Gasteiger partial charge < -0.3 is 4.74 Å². The van der Waals surface area contributed by atoms with Crippen molar-refractivity contribution in [2.45, 2.75) is 6.54 Å². The molecule has 0 aromatic heterocycles. The van der Waals surface area contributed by atoms with E-state index in [-0.39, 0.29) is 17.7 Å². The molecule has 3 aromatic rings. The number of esters is 1. The van der Waals surface area contributed by atoms with Crippen LogP contribution in [0.2, 0.25) is 0 Å². The van der Waals surface area contributed by atoms with Crippen LogP contribution in [0.15, 0.2) is 86.6 Å². The Morgan fingerprint density at radius 1 is 0.938 bits per heavy atom. The standard InChI is InChI=1S/C24H15Br2NO4S/c25-18-8-4-16(5-9-18)14-27-22(28)21(32-24(27)30)12-15-6-10-20(11-7-15)31-23(29)17-2-1-3-19(26)13-17/h1-13H,14H2/b21-12-. The predicted molar refractivity (Wildman–Crippen MR) is 131 cm³/mol. The Morgan fingerprint density at radius 3 is 2.34 bits per heavy atom. The number of thioether (sulfide) groups is 1. The van der Waals surface area contributed by atoms with E-state index in [9.17, 15) is 14.4 Å². The van der Waals surface area contributed by atoms with Gasteiger partial charge in [-0.3, -0.25) is 14.5 Å². The Kier molecular flexibility index (Phi) is 6.93. The van der Waals surface area contributed by atoms with Crippen LogP contribution >= 0.6 is 43.6 Å². The number of benzene rings is 3. The van der Waals surface area contributed by atoms with E-state index < -0.39 is 5.97 Å². The SMILES string of the molecule is O=C(Oc1ccc(/C=C2\SC(=O)N(Cc3ccc(Br)cc3)C2=O)cc1)c1cccc(Br)c1. The first-order valence-corrected chi connectivity index (χ1v) is 11.9. The quantitative estimate of drug-likeness (QED) is 0.194. The monoisotopic (exact) mass is 571 g/mol. The lowest BCUT2D eigenvalue weighted by Crippen LogP contribution is -2.27. The highest BCUT2D eigenvalue weighted by Gasteiger charge is 2.34. The van der Waals surface area contributed by atoms with Crippen LogP contribution in [0.3, 0.4) is 0 Å². The van der Waals surface area contributed by atoms with E-state index in [4.69, 9.17) is 4.74 Å². The smallest absolute Gasteiger partial charge is 0.343 e. The molecule has 0 atom stereocenters. The molecule has 1 aliphatic rings. The second-order valence-corrected chi connectivity index (χ2v) is 9.69. The number of hydrogen-bond acceptors (Lipinski definition) is 5. The lowest BCUT2D eigenvalue weighted by atomic mass is 10.2. The largest absolute Gasteiger partial charge is 0.423 e. The van der Waals surface area contributed by atoms with E-state index in [0.717, 1.165) is 31.8 Å². The zero-order chi connectivity index (χ0) is 22.7. The van der Waals surface area contributed by atoms with Crippen molar-refractivity contribution in [1.82, 2.24) is 4.90 Å². The summed E-state index contributed by atoms with van der Waals surface area (Å²) >= 11 is 7.61. The molecule has 32 heavy (non-hydrogen) atoms. The molecule has 0 N–H and O–H groups in total. The van der Waals surface area contributed by atoms with Crippen molar-refractivity contribution in [3.8, 4) is 5.75 Å². The van der Waals surface area contributed by atoms with Crippen molar-refractivity contribution in [2.24, 2.45) is 0 Å². The van der Waals surface area contributed by atoms with Crippen molar-refractivity contribution >= 4 is 66.8 Å². The van der Waals surface area contributed by atoms with Crippen LogP contribution in [0.5, 0.6) is 5.75 Å². The fourth-order valence-electron chi connectivity index (χ4n) is 2.97. The highest BCUT2D eigenvalue weighted by Crippen LogP contribution is 2.33. The van der Waals surface area contributed by atoms with Gasteiger partial charge in [-0.1, -0.05) is 62.2 Å². The van der Waals surface area contributed by atoms with Gasteiger partial charge in [0.25, 0.3) is 11.1 Å². The molecule has 0 aliphatic carbocycles. The summed E-state index contributed by atoms with van der Waals surface area (Å²) in [5.74, 6) is -0.406. The third-order valence-corrected chi connectivity index (χ3v) is 6.51. The second kappa shape index (κ2) is 9.85. The Bertz CT molecular complexity index is 1220. The second-order valence-electron chi connectivity index (χ2n) is 6.86. The van der Waals surface area contributed by atoms with Crippen molar-refractivity contribution in [1.29, 1.82) is 0 Å². The molecule has 5 nitrogen and oxygen atoms in total. The van der Waals surface area contributed by atoms with Gasteiger partial charge >= 0.3 is 5.97 Å². The van der Waals surface area contributed by atoms with Crippen LogP contribution in [0, 0.1) is 0 Å². The van der Waals surface area contributed by atoms with Gasteiger partial charge in [0.05, 0.1) is 17.0 Å². The fourth-order valence-corrected chi connectivity index (χ4v) is 4.48. The van der Waals surface area contributed by atoms with E-state index in [1.807, 2.05) is 30.3 Å². The van der Waals surface area contributed by atoms with E-state index >= 15 is 0 Å². The van der Waals surface area contributed by atoms with Crippen molar-refractivity contribution in [3.05, 3.63) is 103 Å². The van der Waals surface area contributed by atoms with Gasteiger partial charge in [-0.15, -0.1) is 0 Å². The Labute approximate surface area is 205 Å². The Hall–Kier alpha value is -2.68. The van der Waals surface area contributed by atoms with Crippen molar-refractivity contribution in [2.75, 3.05) is 0 Å². The number of imide groups is 1. The summed E-state index contributed by atoms with van der Waals surface area (Å²) in [6, 6.07) is 21.2. The average molecular weight is 573 g/mol. The first kappa shape index (κ1) is 22.5.